The van der Waals surface area contributed by atoms with Crippen LogP contribution in [0.2, 0.25) is 0 Å². The molecule has 0 atom stereocenters. The van der Waals surface area contributed by atoms with Crippen LogP contribution in [-0.4, -0.2) is 42.3 Å². The van der Waals surface area contributed by atoms with E-state index in [1.807, 2.05) is 12.1 Å². The lowest BCUT2D eigenvalue weighted by Crippen LogP contribution is -2.36. The van der Waals surface area contributed by atoms with Crippen molar-refractivity contribution in [2.45, 2.75) is 18.9 Å². The van der Waals surface area contributed by atoms with Crippen molar-refractivity contribution in [2.24, 2.45) is 0 Å². The Hall–Kier alpha value is -2.34. The van der Waals surface area contributed by atoms with E-state index in [0.29, 0.717) is 12.0 Å². The molecule has 2 heterocycles. The molecule has 1 aliphatic carbocycles. The molecule has 2 aromatic rings. The fourth-order valence-electron chi connectivity index (χ4n) is 2.72. The van der Waals surface area contributed by atoms with Crippen LogP contribution in [0, 0.1) is 0 Å². The van der Waals surface area contributed by atoms with Crippen LogP contribution in [0.1, 0.15) is 12.8 Å². The lowest BCUT2D eigenvalue weighted by Gasteiger charge is -2.30. The molecule has 0 spiro atoms. The third-order valence-electron chi connectivity index (χ3n) is 4.09. The molecule has 6 heteroatoms. The van der Waals surface area contributed by atoms with Gasteiger partial charge in [-0.1, -0.05) is 12.1 Å². The molecule has 4 rings (SSSR count). The van der Waals surface area contributed by atoms with Gasteiger partial charge in [0.2, 0.25) is 5.95 Å². The molecule has 23 heavy (non-hydrogen) atoms. The Labute approximate surface area is 135 Å². The third kappa shape index (κ3) is 3.53. The number of nitrogens with one attached hydrogen (secondary N) is 2. The van der Waals surface area contributed by atoms with Crippen molar-refractivity contribution in [2.75, 3.05) is 41.8 Å². The van der Waals surface area contributed by atoms with E-state index in [1.165, 1.54) is 18.5 Å². The smallest absolute Gasteiger partial charge is 0.229 e. The van der Waals surface area contributed by atoms with E-state index in [0.717, 1.165) is 37.8 Å². The van der Waals surface area contributed by atoms with E-state index in [2.05, 4.69) is 43.7 Å². The SMILES string of the molecule is c1ccc(N2CCOCC2)c(Nc2nccc(NC3CC3)n2)c1. The van der Waals surface area contributed by atoms with Crippen molar-refractivity contribution < 1.29 is 4.74 Å². The van der Waals surface area contributed by atoms with E-state index in [9.17, 15) is 0 Å². The summed E-state index contributed by atoms with van der Waals surface area (Å²) in [4.78, 5) is 11.2. The summed E-state index contributed by atoms with van der Waals surface area (Å²) in [6, 6.07) is 10.8. The molecule has 2 aliphatic rings. The van der Waals surface area contributed by atoms with Crippen LogP contribution in [0.5, 0.6) is 0 Å². The Morgan fingerprint density at radius 3 is 2.74 bits per heavy atom. The molecular weight excluding hydrogens is 290 g/mol. The van der Waals surface area contributed by atoms with Gasteiger partial charge in [0.1, 0.15) is 5.82 Å². The highest BCUT2D eigenvalue weighted by molar-refractivity contribution is 5.73. The molecule has 0 amide bonds. The van der Waals surface area contributed by atoms with Gasteiger partial charge in [-0.2, -0.15) is 4.98 Å². The lowest BCUT2D eigenvalue weighted by atomic mass is 10.2. The van der Waals surface area contributed by atoms with Crippen molar-refractivity contribution in [1.82, 2.24) is 9.97 Å². The quantitative estimate of drug-likeness (QED) is 0.885. The highest BCUT2D eigenvalue weighted by Gasteiger charge is 2.21. The second-order valence-corrected chi connectivity index (χ2v) is 5.93. The Morgan fingerprint density at radius 2 is 1.91 bits per heavy atom. The Balaban J connectivity index is 1.53. The topological polar surface area (TPSA) is 62.3 Å². The number of ether oxygens (including phenoxy) is 1. The van der Waals surface area contributed by atoms with E-state index in [-0.39, 0.29) is 0 Å². The van der Waals surface area contributed by atoms with E-state index < -0.39 is 0 Å². The van der Waals surface area contributed by atoms with Gasteiger partial charge >= 0.3 is 0 Å². The highest BCUT2D eigenvalue weighted by atomic mass is 16.5. The van der Waals surface area contributed by atoms with Crippen LogP contribution in [0.4, 0.5) is 23.1 Å². The van der Waals surface area contributed by atoms with Gasteiger partial charge in [-0.3, -0.25) is 0 Å². The molecule has 1 aromatic heterocycles. The van der Waals surface area contributed by atoms with Gasteiger partial charge in [0.15, 0.2) is 0 Å². The number of para-hydroxylation sites is 2. The summed E-state index contributed by atoms with van der Waals surface area (Å²) in [5.74, 6) is 1.50. The minimum absolute atomic E-state index is 0.582. The number of anilines is 4. The third-order valence-corrected chi connectivity index (χ3v) is 4.09. The minimum Gasteiger partial charge on any atom is -0.378 e. The predicted molar refractivity (Wildman–Crippen MR) is 91.4 cm³/mol. The molecule has 0 radical (unpaired) electrons. The number of hydrogen-bond donors (Lipinski definition) is 2. The molecule has 1 aliphatic heterocycles. The zero-order chi connectivity index (χ0) is 15.5. The Morgan fingerprint density at radius 1 is 1.09 bits per heavy atom. The normalized spacial score (nSPS) is 17.8. The van der Waals surface area contributed by atoms with E-state index >= 15 is 0 Å². The average molecular weight is 311 g/mol. The number of aromatic nitrogens is 2. The summed E-state index contributed by atoms with van der Waals surface area (Å²) in [5, 5.41) is 6.76. The zero-order valence-corrected chi connectivity index (χ0v) is 13.0. The first-order chi connectivity index (χ1) is 11.4. The molecule has 2 N–H and O–H groups in total. The molecule has 0 bridgehead atoms. The van der Waals surface area contributed by atoms with Crippen molar-refractivity contribution in [3.63, 3.8) is 0 Å². The van der Waals surface area contributed by atoms with Gasteiger partial charge in [0, 0.05) is 25.3 Å². The zero-order valence-electron chi connectivity index (χ0n) is 13.0. The molecule has 1 saturated carbocycles. The van der Waals surface area contributed by atoms with Gasteiger partial charge in [-0.25, -0.2) is 4.98 Å². The maximum absolute atomic E-state index is 5.44. The van der Waals surface area contributed by atoms with Gasteiger partial charge in [-0.15, -0.1) is 0 Å². The fourth-order valence-corrected chi connectivity index (χ4v) is 2.72. The number of nitrogens with zero attached hydrogens (tertiary/aromatic N) is 3. The number of hydrogen-bond acceptors (Lipinski definition) is 6. The van der Waals surface area contributed by atoms with Crippen LogP contribution < -0.4 is 15.5 Å². The first kappa shape index (κ1) is 14.3. The molecule has 120 valence electrons. The lowest BCUT2D eigenvalue weighted by molar-refractivity contribution is 0.123. The summed E-state index contributed by atoms with van der Waals surface area (Å²) in [6.45, 7) is 3.35. The number of benzene rings is 1. The number of morpholine rings is 1. The first-order valence-electron chi connectivity index (χ1n) is 8.17. The Kier molecular flexibility index (Phi) is 3.98. The van der Waals surface area contributed by atoms with Crippen LogP contribution >= 0.6 is 0 Å². The first-order valence-corrected chi connectivity index (χ1v) is 8.17. The average Bonchev–Trinajstić information content (AvgIpc) is 3.41. The fraction of sp³-hybridized carbons (Fsp3) is 0.412. The molecule has 0 unspecified atom stereocenters. The van der Waals surface area contributed by atoms with Crippen LogP contribution in [0.3, 0.4) is 0 Å². The van der Waals surface area contributed by atoms with Crippen LogP contribution in [0.25, 0.3) is 0 Å². The molecule has 1 aromatic carbocycles. The molecular formula is C17H21N5O. The summed E-state index contributed by atoms with van der Waals surface area (Å²) in [5.41, 5.74) is 2.19. The standard InChI is InChI=1S/C17H21N5O/c1-2-4-15(22-9-11-23-12-10-22)14(3-1)20-17-18-8-7-16(21-17)19-13-5-6-13/h1-4,7-8,13H,5-6,9-12H2,(H2,18,19,20,21). The van der Waals surface area contributed by atoms with Gasteiger partial charge in [0.25, 0.3) is 0 Å². The van der Waals surface area contributed by atoms with Crippen LogP contribution in [-0.2, 0) is 4.74 Å². The van der Waals surface area contributed by atoms with E-state index in [1.54, 1.807) is 6.20 Å². The largest absolute Gasteiger partial charge is 0.378 e. The summed E-state index contributed by atoms with van der Waals surface area (Å²) >= 11 is 0. The maximum atomic E-state index is 5.44. The van der Waals surface area contributed by atoms with Crippen molar-refractivity contribution in [1.29, 1.82) is 0 Å². The Bertz CT molecular complexity index is 668. The molecule has 6 nitrogen and oxygen atoms in total. The molecule has 1 saturated heterocycles. The molecule has 2 fully saturated rings. The summed E-state index contributed by atoms with van der Waals surface area (Å²) in [6.07, 6.45) is 4.25. The van der Waals surface area contributed by atoms with Crippen molar-refractivity contribution >= 4 is 23.1 Å². The van der Waals surface area contributed by atoms with Crippen LogP contribution in [0.15, 0.2) is 36.5 Å². The van der Waals surface area contributed by atoms with Gasteiger partial charge in [0.05, 0.1) is 24.6 Å². The van der Waals surface area contributed by atoms with E-state index in [4.69, 9.17) is 4.74 Å². The summed E-state index contributed by atoms with van der Waals surface area (Å²) < 4.78 is 5.44. The second kappa shape index (κ2) is 6.42. The number of rotatable bonds is 5. The van der Waals surface area contributed by atoms with Crippen molar-refractivity contribution in [3.8, 4) is 0 Å². The minimum atomic E-state index is 0.582. The monoisotopic (exact) mass is 311 g/mol. The maximum Gasteiger partial charge on any atom is 0.229 e. The second-order valence-electron chi connectivity index (χ2n) is 5.93. The predicted octanol–water partition coefficient (Wildman–Crippen LogP) is 2.63. The van der Waals surface area contributed by atoms with Gasteiger partial charge in [-0.05, 0) is 31.0 Å². The van der Waals surface area contributed by atoms with Gasteiger partial charge < -0.3 is 20.3 Å². The highest BCUT2D eigenvalue weighted by Crippen LogP contribution is 2.29. The van der Waals surface area contributed by atoms with Crippen molar-refractivity contribution in [3.05, 3.63) is 36.5 Å². The summed E-state index contributed by atoms with van der Waals surface area (Å²) in [7, 11) is 0.